The number of nitrogens with one attached hydrogen (secondary N) is 1. The van der Waals surface area contributed by atoms with Gasteiger partial charge in [-0.05, 0) is 36.4 Å². The molecule has 0 spiro atoms. The molecule has 2 aromatic rings. The summed E-state index contributed by atoms with van der Waals surface area (Å²) >= 11 is 1.45. The molecule has 22 heavy (non-hydrogen) atoms. The number of amides is 1. The fourth-order valence-corrected chi connectivity index (χ4v) is 3.14. The van der Waals surface area contributed by atoms with Gasteiger partial charge in [0.15, 0.2) is 0 Å². The van der Waals surface area contributed by atoms with Crippen molar-refractivity contribution in [2.45, 2.75) is 4.90 Å². The Hall–Kier alpha value is -2.40. The van der Waals surface area contributed by atoms with Crippen LogP contribution < -0.4 is 14.8 Å². The molecule has 1 aliphatic rings. The number of rotatable bonds is 3. The lowest BCUT2D eigenvalue weighted by molar-refractivity contribution is -0.112. The zero-order valence-electron chi connectivity index (χ0n) is 12.3. The molecule has 0 aromatic heterocycles. The van der Waals surface area contributed by atoms with Crippen LogP contribution in [0.1, 0.15) is 5.56 Å². The van der Waals surface area contributed by atoms with Gasteiger partial charge in [0.25, 0.3) is 5.91 Å². The molecule has 1 heterocycles. The molecule has 1 aliphatic heterocycles. The number of methoxy groups -OCH3 is 2. The van der Waals surface area contributed by atoms with Gasteiger partial charge in [0.05, 0.1) is 24.8 Å². The van der Waals surface area contributed by atoms with E-state index in [1.54, 1.807) is 14.2 Å². The lowest BCUT2D eigenvalue weighted by Gasteiger charge is -2.18. The van der Waals surface area contributed by atoms with Crippen molar-refractivity contribution in [2.24, 2.45) is 0 Å². The molecule has 3 rings (SSSR count). The Kier molecular flexibility index (Phi) is 4.06. The molecular weight excluding hydrogens is 298 g/mol. The largest absolute Gasteiger partial charge is 0.497 e. The van der Waals surface area contributed by atoms with Crippen molar-refractivity contribution in [3.8, 4) is 11.5 Å². The number of carbonyl (C=O) groups excluding carboxylic acids is 1. The molecule has 0 atom stereocenters. The maximum Gasteiger partial charge on any atom is 0.262 e. The molecule has 0 fully saturated rings. The van der Waals surface area contributed by atoms with E-state index in [2.05, 4.69) is 5.32 Å². The van der Waals surface area contributed by atoms with Crippen molar-refractivity contribution < 1.29 is 14.3 Å². The van der Waals surface area contributed by atoms with Crippen LogP contribution in [0.5, 0.6) is 11.5 Å². The summed E-state index contributed by atoms with van der Waals surface area (Å²) < 4.78 is 10.6. The second-order valence-electron chi connectivity index (χ2n) is 4.67. The van der Waals surface area contributed by atoms with Gasteiger partial charge >= 0.3 is 0 Å². The molecule has 1 N–H and O–H groups in total. The van der Waals surface area contributed by atoms with Crippen molar-refractivity contribution in [3.63, 3.8) is 0 Å². The molecule has 0 unspecified atom stereocenters. The predicted molar refractivity (Wildman–Crippen MR) is 88.5 cm³/mol. The standard InChI is InChI=1S/C17H15NO3S/c1-20-12-7-8-14(21-2)11(9-12)10-16-17(19)18-13-5-3-4-6-15(13)22-16/h3-10H,1-2H3,(H,18,19). The second-order valence-corrected chi connectivity index (χ2v) is 5.75. The minimum atomic E-state index is -0.117. The second kappa shape index (κ2) is 6.15. The van der Waals surface area contributed by atoms with E-state index in [9.17, 15) is 4.79 Å². The number of ether oxygens (including phenoxy) is 2. The van der Waals surface area contributed by atoms with Crippen molar-refractivity contribution in [1.82, 2.24) is 0 Å². The zero-order chi connectivity index (χ0) is 15.5. The lowest BCUT2D eigenvalue weighted by atomic mass is 10.1. The Morgan fingerprint density at radius 3 is 2.68 bits per heavy atom. The number of anilines is 1. The molecule has 1 amide bonds. The Morgan fingerprint density at radius 1 is 1.09 bits per heavy atom. The number of hydrogen-bond acceptors (Lipinski definition) is 4. The van der Waals surface area contributed by atoms with Crippen LogP contribution in [0, 0.1) is 0 Å². The number of thioether (sulfide) groups is 1. The Balaban J connectivity index is 2.00. The van der Waals surface area contributed by atoms with Gasteiger partial charge in [-0.15, -0.1) is 0 Å². The highest BCUT2D eigenvalue weighted by Crippen LogP contribution is 2.39. The normalized spacial score (nSPS) is 15.2. The molecule has 2 aromatic carbocycles. The molecule has 0 saturated heterocycles. The van der Waals surface area contributed by atoms with E-state index in [0.29, 0.717) is 16.4 Å². The van der Waals surface area contributed by atoms with Crippen molar-refractivity contribution in [1.29, 1.82) is 0 Å². The highest BCUT2D eigenvalue weighted by Gasteiger charge is 2.21. The van der Waals surface area contributed by atoms with Gasteiger partial charge in [-0.25, -0.2) is 0 Å². The zero-order valence-corrected chi connectivity index (χ0v) is 13.1. The van der Waals surface area contributed by atoms with Crippen LogP contribution in [0.25, 0.3) is 6.08 Å². The smallest absolute Gasteiger partial charge is 0.262 e. The summed E-state index contributed by atoms with van der Waals surface area (Å²) in [7, 11) is 3.21. The monoisotopic (exact) mass is 313 g/mol. The van der Waals surface area contributed by atoms with E-state index >= 15 is 0 Å². The third kappa shape index (κ3) is 2.80. The van der Waals surface area contributed by atoms with Crippen molar-refractivity contribution in [3.05, 3.63) is 52.9 Å². The van der Waals surface area contributed by atoms with Gasteiger partial charge in [0.2, 0.25) is 0 Å². The van der Waals surface area contributed by atoms with Crippen LogP contribution in [-0.2, 0) is 4.79 Å². The highest BCUT2D eigenvalue weighted by atomic mass is 32.2. The number of fused-ring (bicyclic) bond motifs is 1. The summed E-state index contributed by atoms with van der Waals surface area (Å²) in [5.74, 6) is 1.29. The number of para-hydroxylation sites is 1. The molecule has 4 nitrogen and oxygen atoms in total. The molecule has 0 aliphatic carbocycles. The van der Waals surface area contributed by atoms with E-state index in [1.807, 2.05) is 48.5 Å². The average molecular weight is 313 g/mol. The Bertz CT molecular complexity index is 755. The minimum Gasteiger partial charge on any atom is -0.497 e. The van der Waals surface area contributed by atoms with Crippen LogP contribution in [0.2, 0.25) is 0 Å². The van der Waals surface area contributed by atoms with Crippen LogP contribution in [0.3, 0.4) is 0 Å². The summed E-state index contributed by atoms with van der Waals surface area (Å²) in [6.45, 7) is 0. The van der Waals surface area contributed by atoms with E-state index in [1.165, 1.54) is 11.8 Å². The van der Waals surface area contributed by atoms with E-state index in [-0.39, 0.29) is 5.91 Å². The van der Waals surface area contributed by atoms with Gasteiger partial charge in [0, 0.05) is 10.5 Å². The average Bonchev–Trinajstić information content (AvgIpc) is 2.55. The summed E-state index contributed by atoms with van der Waals surface area (Å²) in [5, 5.41) is 2.90. The molecule has 5 heteroatoms. The van der Waals surface area contributed by atoms with Crippen LogP contribution in [0.4, 0.5) is 5.69 Å². The minimum absolute atomic E-state index is 0.117. The maximum atomic E-state index is 12.2. The Morgan fingerprint density at radius 2 is 1.91 bits per heavy atom. The van der Waals surface area contributed by atoms with Gasteiger partial charge in [-0.2, -0.15) is 0 Å². The molecule has 0 radical (unpaired) electrons. The first-order valence-corrected chi connectivity index (χ1v) is 7.55. The van der Waals surface area contributed by atoms with Gasteiger partial charge < -0.3 is 14.8 Å². The van der Waals surface area contributed by atoms with Gasteiger partial charge in [0.1, 0.15) is 11.5 Å². The number of benzene rings is 2. The lowest BCUT2D eigenvalue weighted by Crippen LogP contribution is -2.17. The Labute approximate surface area is 133 Å². The van der Waals surface area contributed by atoms with Crippen molar-refractivity contribution in [2.75, 3.05) is 19.5 Å². The van der Waals surface area contributed by atoms with Crippen molar-refractivity contribution >= 4 is 29.4 Å². The maximum absolute atomic E-state index is 12.2. The third-order valence-electron chi connectivity index (χ3n) is 3.30. The topological polar surface area (TPSA) is 47.6 Å². The first-order chi connectivity index (χ1) is 10.7. The van der Waals surface area contributed by atoms with Gasteiger partial charge in [-0.3, -0.25) is 4.79 Å². The first kappa shape index (κ1) is 14.5. The van der Waals surface area contributed by atoms with E-state index in [4.69, 9.17) is 9.47 Å². The molecular formula is C17H15NO3S. The quantitative estimate of drug-likeness (QED) is 0.876. The van der Waals surface area contributed by atoms with Crippen LogP contribution >= 0.6 is 11.8 Å². The number of carbonyl (C=O) groups is 1. The fraction of sp³-hybridized carbons (Fsp3) is 0.118. The predicted octanol–water partition coefficient (Wildman–Crippen LogP) is 3.79. The number of hydrogen-bond donors (Lipinski definition) is 1. The molecule has 112 valence electrons. The SMILES string of the molecule is COc1ccc(OC)c(C=C2Sc3ccccc3NC2=O)c1. The summed E-state index contributed by atoms with van der Waals surface area (Å²) in [5.41, 5.74) is 1.64. The molecule has 0 bridgehead atoms. The highest BCUT2D eigenvalue weighted by molar-refractivity contribution is 8.04. The third-order valence-corrected chi connectivity index (χ3v) is 4.40. The summed E-state index contributed by atoms with van der Waals surface area (Å²) in [6, 6.07) is 13.2. The first-order valence-electron chi connectivity index (χ1n) is 6.73. The van der Waals surface area contributed by atoms with E-state index < -0.39 is 0 Å². The van der Waals surface area contributed by atoms with E-state index in [0.717, 1.165) is 16.1 Å². The van der Waals surface area contributed by atoms with Gasteiger partial charge in [-0.1, -0.05) is 23.9 Å². The van der Waals surface area contributed by atoms with Crippen LogP contribution in [0.15, 0.2) is 52.3 Å². The molecule has 0 saturated carbocycles. The van der Waals surface area contributed by atoms with Crippen LogP contribution in [-0.4, -0.2) is 20.1 Å². The fourth-order valence-electron chi connectivity index (χ4n) is 2.20. The summed E-state index contributed by atoms with van der Waals surface area (Å²) in [4.78, 5) is 13.9. The summed E-state index contributed by atoms with van der Waals surface area (Å²) in [6.07, 6.45) is 1.82.